The average molecular weight is 142 g/mol. The van der Waals surface area contributed by atoms with Crippen LogP contribution in [0.25, 0.3) is 0 Å². The van der Waals surface area contributed by atoms with Crippen LogP contribution in [-0.4, -0.2) is 19.8 Å². The molecule has 58 valence electrons. The Kier molecular flexibility index (Phi) is 2.33. The highest BCUT2D eigenvalue weighted by atomic mass is 16.5. The van der Waals surface area contributed by atoms with Crippen molar-refractivity contribution in [2.45, 2.75) is 13.3 Å². The van der Waals surface area contributed by atoms with Crippen molar-refractivity contribution in [3.8, 4) is 0 Å². The first-order chi connectivity index (χ1) is 4.83. The minimum Gasteiger partial charge on any atom is -0.501 e. The molecule has 1 aliphatic heterocycles. The van der Waals surface area contributed by atoms with Gasteiger partial charge >= 0.3 is 0 Å². The van der Waals surface area contributed by atoms with Gasteiger partial charge in [0.15, 0.2) is 0 Å². The van der Waals surface area contributed by atoms with Crippen LogP contribution in [0.1, 0.15) is 13.3 Å². The summed E-state index contributed by atoms with van der Waals surface area (Å²) in [5, 5.41) is 0. The van der Waals surface area contributed by atoms with Gasteiger partial charge in [0.2, 0.25) is 0 Å². The van der Waals surface area contributed by atoms with Crippen LogP contribution in [0.2, 0.25) is 0 Å². The van der Waals surface area contributed by atoms with Gasteiger partial charge in [-0.15, -0.1) is 0 Å². The first-order valence-electron chi connectivity index (χ1n) is 3.63. The minimum atomic E-state index is 0.300. The molecule has 1 heterocycles. The zero-order valence-electron chi connectivity index (χ0n) is 6.43. The van der Waals surface area contributed by atoms with Crippen molar-refractivity contribution in [1.29, 1.82) is 0 Å². The molecule has 0 radical (unpaired) electrons. The van der Waals surface area contributed by atoms with E-state index in [2.05, 4.69) is 13.5 Å². The van der Waals surface area contributed by atoms with Gasteiger partial charge < -0.3 is 9.47 Å². The van der Waals surface area contributed by atoms with Gasteiger partial charge in [0.05, 0.1) is 31.5 Å². The van der Waals surface area contributed by atoms with Gasteiger partial charge in [-0.2, -0.15) is 0 Å². The van der Waals surface area contributed by atoms with Crippen molar-refractivity contribution < 1.29 is 9.47 Å². The lowest BCUT2D eigenvalue weighted by Crippen LogP contribution is -2.45. The molecule has 0 atom stereocenters. The Balaban J connectivity index is 2.26. The van der Waals surface area contributed by atoms with Crippen LogP contribution < -0.4 is 0 Å². The molecule has 0 saturated carbocycles. The van der Waals surface area contributed by atoms with Gasteiger partial charge in [-0.3, -0.25) is 0 Å². The van der Waals surface area contributed by atoms with E-state index in [1.807, 2.05) is 0 Å². The van der Waals surface area contributed by atoms with Gasteiger partial charge in [0, 0.05) is 0 Å². The SMILES string of the molecule is C=COCC1(CC)COC1. The minimum absolute atomic E-state index is 0.300. The van der Waals surface area contributed by atoms with Crippen LogP contribution in [0.3, 0.4) is 0 Å². The number of ether oxygens (including phenoxy) is 2. The first-order valence-corrected chi connectivity index (χ1v) is 3.63. The van der Waals surface area contributed by atoms with E-state index in [1.165, 1.54) is 6.26 Å². The second kappa shape index (κ2) is 3.06. The third-order valence-electron chi connectivity index (χ3n) is 2.07. The van der Waals surface area contributed by atoms with E-state index >= 15 is 0 Å². The quantitative estimate of drug-likeness (QED) is 0.555. The summed E-state index contributed by atoms with van der Waals surface area (Å²) in [7, 11) is 0. The van der Waals surface area contributed by atoms with E-state index in [4.69, 9.17) is 9.47 Å². The van der Waals surface area contributed by atoms with Gasteiger partial charge in [0.25, 0.3) is 0 Å². The summed E-state index contributed by atoms with van der Waals surface area (Å²) in [5.74, 6) is 0. The Hall–Kier alpha value is -0.500. The fourth-order valence-electron chi connectivity index (χ4n) is 1.02. The maximum atomic E-state index is 5.12. The van der Waals surface area contributed by atoms with E-state index in [0.29, 0.717) is 5.41 Å². The van der Waals surface area contributed by atoms with Gasteiger partial charge in [0.1, 0.15) is 0 Å². The Bertz CT molecular complexity index is 111. The third kappa shape index (κ3) is 1.32. The fourth-order valence-corrected chi connectivity index (χ4v) is 1.02. The molecule has 0 bridgehead atoms. The van der Waals surface area contributed by atoms with E-state index in [0.717, 1.165) is 26.2 Å². The van der Waals surface area contributed by atoms with E-state index in [-0.39, 0.29) is 0 Å². The van der Waals surface area contributed by atoms with Crippen molar-refractivity contribution in [3.63, 3.8) is 0 Å². The molecule has 0 N–H and O–H groups in total. The maximum Gasteiger partial charge on any atom is 0.0973 e. The first kappa shape index (κ1) is 7.61. The zero-order chi connectivity index (χ0) is 7.45. The van der Waals surface area contributed by atoms with E-state index < -0.39 is 0 Å². The van der Waals surface area contributed by atoms with E-state index in [9.17, 15) is 0 Å². The molecule has 0 spiro atoms. The van der Waals surface area contributed by atoms with Crippen molar-refractivity contribution >= 4 is 0 Å². The van der Waals surface area contributed by atoms with Gasteiger partial charge in [-0.1, -0.05) is 13.5 Å². The summed E-state index contributed by atoms with van der Waals surface area (Å²) in [4.78, 5) is 0. The summed E-state index contributed by atoms with van der Waals surface area (Å²) in [5.41, 5.74) is 0.300. The van der Waals surface area contributed by atoms with Crippen molar-refractivity contribution in [1.82, 2.24) is 0 Å². The summed E-state index contributed by atoms with van der Waals surface area (Å²) in [6, 6.07) is 0. The maximum absolute atomic E-state index is 5.12. The van der Waals surface area contributed by atoms with Gasteiger partial charge in [-0.05, 0) is 6.42 Å². The summed E-state index contributed by atoms with van der Waals surface area (Å²) in [6.45, 7) is 8.10. The summed E-state index contributed by atoms with van der Waals surface area (Å²) >= 11 is 0. The largest absolute Gasteiger partial charge is 0.501 e. The molecule has 0 aliphatic carbocycles. The molecule has 0 aromatic heterocycles. The number of hydrogen-bond donors (Lipinski definition) is 0. The van der Waals surface area contributed by atoms with Gasteiger partial charge in [-0.25, -0.2) is 0 Å². The number of rotatable bonds is 4. The molecule has 2 heteroatoms. The normalized spacial score (nSPS) is 21.3. The van der Waals surface area contributed by atoms with Crippen LogP contribution in [0.15, 0.2) is 12.8 Å². The van der Waals surface area contributed by atoms with E-state index in [1.54, 1.807) is 0 Å². The van der Waals surface area contributed by atoms with Crippen LogP contribution in [0, 0.1) is 5.41 Å². The van der Waals surface area contributed by atoms with Crippen LogP contribution in [-0.2, 0) is 9.47 Å². The third-order valence-corrected chi connectivity index (χ3v) is 2.07. The molecular formula is C8H14O2. The number of hydrogen-bond acceptors (Lipinski definition) is 2. The highest BCUT2D eigenvalue weighted by Gasteiger charge is 2.37. The molecule has 1 rings (SSSR count). The predicted octanol–water partition coefficient (Wildman–Crippen LogP) is 1.57. The second-order valence-electron chi connectivity index (χ2n) is 2.82. The highest BCUT2D eigenvalue weighted by molar-refractivity contribution is 4.84. The molecule has 1 fully saturated rings. The molecule has 1 aliphatic rings. The Morgan fingerprint density at radius 1 is 1.70 bits per heavy atom. The van der Waals surface area contributed by atoms with Crippen molar-refractivity contribution in [3.05, 3.63) is 12.8 Å². The monoisotopic (exact) mass is 142 g/mol. The molecule has 0 amide bonds. The topological polar surface area (TPSA) is 18.5 Å². The molecule has 10 heavy (non-hydrogen) atoms. The molecular weight excluding hydrogens is 128 g/mol. The lowest BCUT2D eigenvalue weighted by molar-refractivity contribution is -0.139. The Morgan fingerprint density at radius 3 is 2.70 bits per heavy atom. The predicted molar refractivity (Wildman–Crippen MR) is 39.7 cm³/mol. The second-order valence-corrected chi connectivity index (χ2v) is 2.82. The molecule has 1 saturated heterocycles. The Labute approximate surface area is 61.8 Å². The lowest BCUT2D eigenvalue weighted by Gasteiger charge is -2.39. The summed E-state index contributed by atoms with van der Waals surface area (Å²) in [6.07, 6.45) is 2.62. The van der Waals surface area contributed by atoms with Crippen LogP contribution in [0.4, 0.5) is 0 Å². The van der Waals surface area contributed by atoms with Crippen LogP contribution in [0.5, 0.6) is 0 Å². The standard InChI is InChI=1S/C8H14O2/c1-3-8(5-9-4-2)6-10-7-8/h4H,2-3,5-7H2,1H3. The lowest BCUT2D eigenvalue weighted by atomic mass is 9.84. The molecule has 0 unspecified atom stereocenters. The fraction of sp³-hybridized carbons (Fsp3) is 0.750. The summed E-state index contributed by atoms with van der Waals surface area (Å²) < 4.78 is 10.2. The Morgan fingerprint density at radius 2 is 2.40 bits per heavy atom. The van der Waals surface area contributed by atoms with Crippen molar-refractivity contribution in [2.75, 3.05) is 19.8 Å². The van der Waals surface area contributed by atoms with Crippen LogP contribution >= 0.6 is 0 Å². The molecule has 0 aromatic rings. The smallest absolute Gasteiger partial charge is 0.0973 e. The molecule has 0 aromatic carbocycles. The average Bonchev–Trinajstić information content (AvgIpc) is 1.87. The molecule has 2 nitrogen and oxygen atoms in total. The zero-order valence-corrected chi connectivity index (χ0v) is 6.43. The highest BCUT2D eigenvalue weighted by Crippen LogP contribution is 2.31. The van der Waals surface area contributed by atoms with Crippen molar-refractivity contribution in [2.24, 2.45) is 5.41 Å².